The lowest BCUT2D eigenvalue weighted by atomic mass is 10.2. The van der Waals surface area contributed by atoms with E-state index in [9.17, 15) is 4.39 Å². The van der Waals surface area contributed by atoms with Crippen LogP contribution in [-0.4, -0.2) is 25.0 Å². The highest BCUT2D eigenvalue weighted by molar-refractivity contribution is 8.03. The Balaban J connectivity index is 1.76. The molecule has 0 aliphatic carbocycles. The zero-order valence-corrected chi connectivity index (χ0v) is 10.6. The molecule has 3 rings (SSSR count). The van der Waals surface area contributed by atoms with Gasteiger partial charge in [0.1, 0.15) is 11.2 Å². The highest BCUT2D eigenvalue weighted by Crippen LogP contribution is 2.42. The van der Waals surface area contributed by atoms with Gasteiger partial charge in [0.2, 0.25) is 0 Å². The molecule has 1 atom stereocenters. The molecule has 1 aromatic rings. The molecule has 1 N–H and O–H groups in total. The second kappa shape index (κ2) is 4.35. The van der Waals surface area contributed by atoms with Gasteiger partial charge in [-0.1, -0.05) is 23.9 Å². The number of nitrogens with one attached hydrogen (secondary N) is 1. The third kappa shape index (κ3) is 2.19. The molecule has 1 unspecified atom stereocenters. The minimum atomic E-state index is -0.172. The summed E-state index contributed by atoms with van der Waals surface area (Å²) >= 11 is 1.86. The van der Waals surface area contributed by atoms with Crippen molar-refractivity contribution in [1.29, 1.82) is 0 Å². The molecule has 2 aliphatic rings. The molecule has 0 bridgehead atoms. The average Bonchev–Trinajstić information content (AvgIpc) is 2.72. The predicted molar refractivity (Wildman–Crippen MR) is 69.0 cm³/mol. The molecule has 4 heteroatoms. The van der Waals surface area contributed by atoms with E-state index in [1.54, 1.807) is 0 Å². The van der Waals surface area contributed by atoms with E-state index < -0.39 is 0 Å². The number of halogens is 1. The fraction of sp³-hybridized carbons (Fsp3) is 0.385. The van der Waals surface area contributed by atoms with Gasteiger partial charge in [-0.15, -0.1) is 0 Å². The number of hydrogen-bond donors (Lipinski definition) is 1. The molecule has 0 fully saturated rings. The number of likely N-dealkylation sites (N-methyl/N-ethyl adjacent to an activating group) is 1. The van der Waals surface area contributed by atoms with Gasteiger partial charge in [0.15, 0.2) is 0 Å². The summed E-state index contributed by atoms with van der Waals surface area (Å²) in [5, 5.41) is 3.80. The Hall–Kier alpha value is -1.00. The second-order valence-electron chi connectivity index (χ2n) is 4.58. The summed E-state index contributed by atoms with van der Waals surface area (Å²) in [7, 11) is 2.15. The van der Waals surface area contributed by atoms with Gasteiger partial charge in [-0.3, -0.25) is 0 Å². The van der Waals surface area contributed by atoms with Crippen LogP contribution in [0.2, 0.25) is 0 Å². The molecular formula is C13H15FN2S. The Morgan fingerprint density at radius 1 is 1.35 bits per heavy atom. The smallest absolute Gasteiger partial charge is 0.123 e. The van der Waals surface area contributed by atoms with Crippen molar-refractivity contribution in [2.45, 2.75) is 11.8 Å². The van der Waals surface area contributed by atoms with E-state index in [2.05, 4.69) is 17.3 Å². The van der Waals surface area contributed by atoms with Gasteiger partial charge in [0, 0.05) is 30.1 Å². The Labute approximate surface area is 105 Å². The van der Waals surface area contributed by atoms with Crippen molar-refractivity contribution in [3.8, 4) is 0 Å². The topological polar surface area (TPSA) is 15.3 Å². The highest BCUT2D eigenvalue weighted by Gasteiger charge is 2.28. The van der Waals surface area contributed by atoms with Crippen molar-refractivity contribution in [2.75, 3.05) is 20.1 Å². The zero-order chi connectivity index (χ0) is 11.8. The fourth-order valence-electron chi connectivity index (χ4n) is 2.24. The summed E-state index contributed by atoms with van der Waals surface area (Å²) in [5.74, 6) is -0.172. The van der Waals surface area contributed by atoms with Crippen LogP contribution in [-0.2, 0) is 0 Å². The molecule has 0 radical (unpaired) electrons. The summed E-state index contributed by atoms with van der Waals surface area (Å²) < 4.78 is 12.9. The second-order valence-corrected chi connectivity index (χ2v) is 5.78. The lowest BCUT2D eigenvalue weighted by Gasteiger charge is -2.22. The Kier molecular flexibility index (Phi) is 2.84. The molecule has 90 valence electrons. The molecular weight excluding hydrogens is 235 g/mol. The Bertz CT molecular complexity index is 455. The lowest BCUT2D eigenvalue weighted by Crippen LogP contribution is -2.28. The quantitative estimate of drug-likeness (QED) is 0.825. The van der Waals surface area contributed by atoms with Crippen molar-refractivity contribution >= 4 is 11.8 Å². The average molecular weight is 250 g/mol. The van der Waals surface area contributed by atoms with E-state index in [0.717, 1.165) is 25.1 Å². The fourth-order valence-corrected chi connectivity index (χ4v) is 3.62. The lowest BCUT2D eigenvalue weighted by molar-refractivity contribution is 0.352. The van der Waals surface area contributed by atoms with Gasteiger partial charge in [-0.2, -0.15) is 0 Å². The van der Waals surface area contributed by atoms with Crippen LogP contribution in [0.25, 0.3) is 0 Å². The van der Waals surface area contributed by atoms with Crippen molar-refractivity contribution in [3.05, 3.63) is 46.2 Å². The van der Waals surface area contributed by atoms with E-state index in [1.807, 2.05) is 23.9 Å². The molecule has 0 amide bonds. The number of hydrogen-bond acceptors (Lipinski definition) is 3. The van der Waals surface area contributed by atoms with Crippen molar-refractivity contribution in [3.63, 3.8) is 0 Å². The van der Waals surface area contributed by atoms with E-state index in [1.165, 1.54) is 22.7 Å². The van der Waals surface area contributed by atoms with Crippen LogP contribution in [0.1, 0.15) is 17.4 Å². The maximum absolute atomic E-state index is 12.9. The van der Waals surface area contributed by atoms with Gasteiger partial charge >= 0.3 is 0 Å². The van der Waals surface area contributed by atoms with Gasteiger partial charge in [-0.05, 0) is 24.7 Å². The molecule has 2 aliphatic heterocycles. The first-order valence-corrected chi connectivity index (χ1v) is 6.69. The van der Waals surface area contributed by atoms with Crippen LogP contribution < -0.4 is 5.32 Å². The monoisotopic (exact) mass is 250 g/mol. The maximum Gasteiger partial charge on any atom is 0.123 e. The number of rotatable bonds is 1. The predicted octanol–water partition coefficient (Wildman–Crippen LogP) is 2.71. The molecule has 2 heterocycles. The Morgan fingerprint density at radius 2 is 2.12 bits per heavy atom. The summed E-state index contributed by atoms with van der Waals surface area (Å²) in [6.07, 6.45) is 1.09. The number of nitrogens with zero attached hydrogens (tertiary/aromatic N) is 1. The highest BCUT2D eigenvalue weighted by atomic mass is 32.2. The van der Waals surface area contributed by atoms with E-state index in [4.69, 9.17) is 0 Å². The van der Waals surface area contributed by atoms with Crippen molar-refractivity contribution in [2.24, 2.45) is 0 Å². The minimum absolute atomic E-state index is 0.172. The number of benzene rings is 1. The molecule has 0 saturated heterocycles. The normalized spacial score (nSPS) is 24.7. The summed E-state index contributed by atoms with van der Waals surface area (Å²) in [6.45, 7) is 2.15. The van der Waals surface area contributed by atoms with Crippen LogP contribution in [0.15, 0.2) is 34.9 Å². The molecule has 0 spiro atoms. The minimum Gasteiger partial charge on any atom is -0.372 e. The van der Waals surface area contributed by atoms with Gasteiger partial charge in [0.25, 0.3) is 0 Å². The molecule has 1 aromatic carbocycles. The Morgan fingerprint density at radius 3 is 2.88 bits per heavy atom. The van der Waals surface area contributed by atoms with Gasteiger partial charge in [-0.25, -0.2) is 4.39 Å². The van der Waals surface area contributed by atoms with Gasteiger partial charge in [0.05, 0.1) is 0 Å². The molecule has 17 heavy (non-hydrogen) atoms. The van der Waals surface area contributed by atoms with Gasteiger partial charge < -0.3 is 10.2 Å². The third-order valence-corrected chi connectivity index (χ3v) is 4.52. The first-order chi connectivity index (χ1) is 8.22. The SMILES string of the molecule is CN1CCC2=C(C1)SC(c1ccc(F)cc1)N2. The van der Waals surface area contributed by atoms with E-state index in [-0.39, 0.29) is 11.2 Å². The van der Waals surface area contributed by atoms with Crippen LogP contribution >= 0.6 is 11.8 Å². The third-order valence-electron chi connectivity index (χ3n) is 3.23. The van der Waals surface area contributed by atoms with Crippen LogP contribution in [0.3, 0.4) is 0 Å². The first kappa shape index (κ1) is 11.1. The van der Waals surface area contributed by atoms with Crippen molar-refractivity contribution in [1.82, 2.24) is 10.2 Å². The zero-order valence-electron chi connectivity index (χ0n) is 9.74. The number of thioether (sulfide) groups is 1. The first-order valence-electron chi connectivity index (χ1n) is 5.81. The maximum atomic E-state index is 12.9. The molecule has 0 saturated carbocycles. The van der Waals surface area contributed by atoms with Crippen LogP contribution in [0, 0.1) is 5.82 Å². The van der Waals surface area contributed by atoms with E-state index in [0.29, 0.717) is 0 Å². The van der Waals surface area contributed by atoms with E-state index >= 15 is 0 Å². The summed E-state index contributed by atoms with van der Waals surface area (Å²) in [6, 6.07) is 6.78. The molecule has 0 aromatic heterocycles. The van der Waals surface area contributed by atoms with Crippen LogP contribution in [0.5, 0.6) is 0 Å². The summed E-state index contributed by atoms with van der Waals surface area (Å²) in [5.41, 5.74) is 2.52. The standard InChI is InChI=1S/C13H15FN2S/c1-16-7-6-11-12(8-16)17-13(15-11)9-2-4-10(14)5-3-9/h2-5,13,15H,6-8H2,1H3. The largest absolute Gasteiger partial charge is 0.372 e. The molecule has 2 nitrogen and oxygen atoms in total. The van der Waals surface area contributed by atoms with Crippen molar-refractivity contribution < 1.29 is 4.39 Å². The summed E-state index contributed by atoms with van der Waals surface area (Å²) in [4.78, 5) is 3.77. The van der Waals surface area contributed by atoms with Crippen LogP contribution in [0.4, 0.5) is 4.39 Å².